The van der Waals surface area contributed by atoms with Gasteiger partial charge >= 0.3 is 0 Å². The predicted molar refractivity (Wildman–Crippen MR) is 81.4 cm³/mol. The van der Waals surface area contributed by atoms with Crippen LogP contribution in [0.1, 0.15) is 39.2 Å². The van der Waals surface area contributed by atoms with Gasteiger partial charge in [0.1, 0.15) is 0 Å². The van der Waals surface area contributed by atoms with E-state index in [0.29, 0.717) is 0 Å². The highest BCUT2D eigenvalue weighted by Crippen LogP contribution is 2.14. The lowest BCUT2D eigenvalue weighted by atomic mass is 10.1. The van der Waals surface area contributed by atoms with Crippen molar-refractivity contribution in [3.8, 4) is 0 Å². The average molecular weight is 248 g/mol. The van der Waals surface area contributed by atoms with Crippen molar-refractivity contribution in [2.24, 2.45) is 0 Å². The fraction of sp³-hybridized carbons (Fsp3) is 0.625. The summed E-state index contributed by atoms with van der Waals surface area (Å²) < 4.78 is 0. The van der Waals surface area contributed by atoms with Crippen LogP contribution in [0, 0.1) is 6.92 Å². The number of nitrogens with zero attached hydrogens (tertiary/aromatic N) is 1. The Bertz CT molecular complexity index is 352. The van der Waals surface area contributed by atoms with E-state index < -0.39 is 0 Å². The molecule has 102 valence electrons. The zero-order valence-corrected chi connectivity index (χ0v) is 12.6. The third kappa shape index (κ3) is 6.06. The van der Waals surface area contributed by atoms with Crippen LogP contribution in [0.3, 0.4) is 0 Å². The topological polar surface area (TPSA) is 15.3 Å². The molecule has 0 aliphatic rings. The molecular formula is C16H28N2. The standard InChI is InChI=1S/C16H28N2/c1-14-9-8-10-15(13-14)18(5)12-7-6-11-17-16(2,3)4/h8-10,13,17H,6-7,11-12H2,1-5H3. The van der Waals surface area contributed by atoms with Crippen LogP contribution in [0.15, 0.2) is 24.3 Å². The van der Waals surface area contributed by atoms with Gasteiger partial charge in [0.2, 0.25) is 0 Å². The van der Waals surface area contributed by atoms with Crippen LogP contribution in [0.4, 0.5) is 5.69 Å². The molecule has 18 heavy (non-hydrogen) atoms. The number of hydrogen-bond donors (Lipinski definition) is 1. The van der Waals surface area contributed by atoms with Crippen molar-refractivity contribution < 1.29 is 0 Å². The molecule has 0 fully saturated rings. The molecule has 0 aliphatic heterocycles. The summed E-state index contributed by atoms with van der Waals surface area (Å²) in [5, 5.41) is 3.53. The Hall–Kier alpha value is -1.02. The number of nitrogens with one attached hydrogen (secondary N) is 1. The molecule has 0 saturated heterocycles. The summed E-state index contributed by atoms with van der Waals surface area (Å²) in [5.74, 6) is 0. The SMILES string of the molecule is Cc1cccc(N(C)CCCCNC(C)(C)C)c1. The predicted octanol–water partition coefficient (Wildman–Crippen LogP) is 3.60. The number of unbranched alkanes of at least 4 members (excludes halogenated alkanes) is 1. The van der Waals surface area contributed by atoms with Crippen LogP contribution >= 0.6 is 0 Å². The van der Waals surface area contributed by atoms with Crippen molar-refractivity contribution in [2.45, 2.75) is 46.1 Å². The Labute approximate surface area is 112 Å². The van der Waals surface area contributed by atoms with E-state index in [2.05, 4.69) is 69.2 Å². The Balaban J connectivity index is 2.23. The molecule has 0 radical (unpaired) electrons. The van der Waals surface area contributed by atoms with Crippen LogP contribution in [0.5, 0.6) is 0 Å². The Morgan fingerprint density at radius 1 is 1.17 bits per heavy atom. The van der Waals surface area contributed by atoms with Gasteiger partial charge < -0.3 is 10.2 Å². The van der Waals surface area contributed by atoms with E-state index in [0.717, 1.165) is 13.1 Å². The quantitative estimate of drug-likeness (QED) is 0.774. The van der Waals surface area contributed by atoms with Crippen molar-refractivity contribution in [3.05, 3.63) is 29.8 Å². The normalized spacial score (nSPS) is 11.6. The lowest BCUT2D eigenvalue weighted by molar-refractivity contribution is 0.419. The minimum absolute atomic E-state index is 0.239. The highest BCUT2D eigenvalue weighted by Gasteiger charge is 2.07. The first-order valence-electron chi connectivity index (χ1n) is 6.91. The summed E-state index contributed by atoms with van der Waals surface area (Å²) in [7, 11) is 2.17. The number of benzene rings is 1. The number of anilines is 1. The molecule has 0 amide bonds. The Morgan fingerprint density at radius 3 is 2.50 bits per heavy atom. The molecule has 0 bridgehead atoms. The Kier molecular flexibility index (Phi) is 5.67. The van der Waals surface area contributed by atoms with Crippen LogP contribution in [-0.4, -0.2) is 25.7 Å². The van der Waals surface area contributed by atoms with E-state index in [-0.39, 0.29) is 5.54 Å². The largest absolute Gasteiger partial charge is 0.375 e. The number of hydrogen-bond acceptors (Lipinski definition) is 2. The van der Waals surface area contributed by atoms with E-state index in [1.54, 1.807) is 0 Å². The summed E-state index contributed by atoms with van der Waals surface area (Å²) in [5.41, 5.74) is 2.88. The molecule has 0 heterocycles. The van der Waals surface area contributed by atoms with Crippen molar-refractivity contribution in [1.29, 1.82) is 0 Å². The number of rotatable bonds is 6. The van der Waals surface area contributed by atoms with E-state index >= 15 is 0 Å². The minimum Gasteiger partial charge on any atom is -0.375 e. The van der Waals surface area contributed by atoms with Crippen LogP contribution < -0.4 is 10.2 Å². The molecule has 1 rings (SSSR count). The highest BCUT2D eigenvalue weighted by atomic mass is 15.1. The fourth-order valence-corrected chi connectivity index (χ4v) is 1.93. The van der Waals surface area contributed by atoms with Gasteiger partial charge in [-0.15, -0.1) is 0 Å². The summed E-state index contributed by atoms with van der Waals surface area (Å²) in [6, 6.07) is 8.70. The molecule has 1 aromatic rings. The van der Waals surface area contributed by atoms with Crippen molar-refractivity contribution in [2.75, 3.05) is 25.0 Å². The first-order valence-corrected chi connectivity index (χ1v) is 6.91. The maximum Gasteiger partial charge on any atom is 0.0366 e. The second-order valence-corrected chi connectivity index (χ2v) is 6.14. The van der Waals surface area contributed by atoms with Crippen LogP contribution in [-0.2, 0) is 0 Å². The zero-order chi connectivity index (χ0) is 13.6. The zero-order valence-electron chi connectivity index (χ0n) is 12.6. The van der Waals surface area contributed by atoms with Crippen LogP contribution in [0.2, 0.25) is 0 Å². The van der Waals surface area contributed by atoms with Gasteiger partial charge in [0.05, 0.1) is 0 Å². The minimum atomic E-state index is 0.239. The van der Waals surface area contributed by atoms with Crippen molar-refractivity contribution in [3.63, 3.8) is 0 Å². The second-order valence-electron chi connectivity index (χ2n) is 6.14. The van der Waals surface area contributed by atoms with E-state index in [4.69, 9.17) is 0 Å². The molecule has 0 aromatic heterocycles. The van der Waals surface area contributed by atoms with Gasteiger partial charge in [-0.25, -0.2) is 0 Å². The molecule has 2 heteroatoms. The van der Waals surface area contributed by atoms with Crippen LogP contribution in [0.25, 0.3) is 0 Å². The lowest BCUT2D eigenvalue weighted by Gasteiger charge is -2.22. The van der Waals surface area contributed by atoms with E-state index in [9.17, 15) is 0 Å². The smallest absolute Gasteiger partial charge is 0.0366 e. The monoisotopic (exact) mass is 248 g/mol. The first kappa shape index (κ1) is 15.0. The van der Waals surface area contributed by atoms with E-state index in [1.165, 1.54) is 24.1 Å². The number of aryl methyl sites for hydroxylation is 1. The van der Waals surface area contributed by atoms with Gasteiger partial charge in [-0.1, -0.05) is 12.1 Å². The fourth-order valence-electron chi connectivity index (χ4n) is 1.93. The van der Waals surface area contributed by atoms with Gasteiger partial charge in [0, 0.05) is 24.8 Å². The molecule has 0 atom stereocenters. The molecular weight excluding hydrogens is 220 g/mol. The van der Waals surface area contributed by atoms with E-state index in [1.807, 2.05) is 0 Å². The van der Waals surface area contributed by atoms with Gasteiger partial charge in [-0.3, -0.25) is 0 Å². The van der Waals surface area contributed by atoms with Gasteiger partial charge in [0.15, 0.2) is 0 Å². The Morgan fingerprint density at radius 2 is 1.89 bits per heavy atom. The molecule has 0 spiro atoms. The maximum atomic E-state index is 3.53. The van der Waals surface area contributed by atoms with Gasteiger partial charge in [-0.2, -0.15) is 0 Å². The third-order valence-corrected chi connectivity index (χ3v) is 3.02. The second kappa shape index (κ2) is 6.79. The van der Waals surface area contributed by atoms with Gasteiger partial charge in [-0.05, 0) is 64.8 Å². The molecule has 1 N–H and O–H groups in total. The summed E-state index contributed by atoms with van der Waals surface area (Å²) in [4.78, 5) is 2.34. The molecule has 2 nitrogen and oxygen atoms in total. The molecule has 0 unspecified atom stereocenters. The maximum absolute atomic E-state index is 3.53. The third-order valence-electron chi connectivity index (χ3n) is 3.02. The first-order chi connectivity index (χ1) is 8.38. The molecule has 0 saturated carbocycles. The summed E-state index contributed by atoms with van der Waals surface area (Å²) in [6.45, 7) is 11.0. The molecule has 1 aromatic carbocycles. The van der Waals surface area contributed by atoms with Crippen molar-refractivity contribution >= 4 is 5.69 Å². The molecule has 0 aliphatic carbocycles. The summed E-state index contributed by atoms with van der Waals surface area (Å²) in [6.07, 6.45) is 2.46. The summed E-state index contributed by atoms with van der Waals surface area (Å²) >= 11 is 0. The highest BCUT2D eigenvalue weighted by molar-refractivity contribution is 5.47. The van der Waals surface area contributed by atoms with Gasteiger partial charge in [0.25, 0.3) is 0 Å². The lowest BCUT2D eigenvalue weighted by Crippen LogP contribution is -2.36. The van der Waals surface area contributed by atoms with Crippen molar-refractivity contribution in [1.82, 2.24) is 5.32 Å². The average Bonchev–Trinajstić information content (AvgIpc) is 2.26.